The number of aromatic nitrogens is 3. The number of pyridine rings is 1. The molecule has 0 atom stereocenters. The van der Waals surface area contributed by atoms with Crippen molar-refractivity contribution in [2.24, 2.45) is 0 Å². The van der Waals surface area contributed by atoms with E-state index in [2.05, 4.69) is 20.6 Å². The van der Waals surface area contributed by atoms with Gasteiger partial charge in [-0.05, 0) is 48.6 Å². The summed E-state index contributed by atoms with van der Waals surface area (Å²) >= 11 is 1.49. The molecule has 148 valence electrons. The number of halogens is 2. The third kappa shape index (κ3) is 4.20. The standard InChI is InChI=1S/C19H21F2N5OS/c20-15(21)10-23-13-1-3-14(4-2-13)24-19(27)17-18-12(5-8-28-18)9-16(25-17)26-7-6-22-11-26/h5-9,11,13-15,23H,1-4,10H2,(H,24,27)/t13-,14-. The highest BCUT2D eigenvalue weighted by Gasteiger charge is 2.24. The van der Waals surface area contributed by atoms with Gasteiger partial charge in [0.25, 0.3) is 12.3 Å². The third-order valence-corrected chi connectivity index (χ3v) is 5.97. The van der Waals surface area contributed by atoms with Crippen molar-refractivity contribution in [3.8, 4) is 5.82 Å². The SMILES string of the molecule is O=C(N[C@H]1CC[C@H](NCC(F)F)CC1)c1nc(-n2ccnc2)cc2ccsc12. The second-order valence-electron chi connectivity index (χ2n) is 6.96. The minimum atomic E-state index is -2.33. The Bertz CT molecular complexity index is 935. The van der Waals surface area contributed by atoms with Crippen molar-refractivity contribution in [1.29, 1.82) is 0 Å². The smallest absolute Gasteiger partial charge is 0.271 e. The first-order valence-corrected chi connectivity index (χ1v) is 10.2. The van der Waals surface area contributed by atoms with Gasteiger partial charge < -0.3 is 10.6 Å². The van der Waals surface area contributed by atoms with Crippen molar-refractivity contribution >= 4 is 27.3 Å². The normalized spacial score (nSPS) is 20.0. The molecule has 3 heterocycles. The van der Waals surface area contributed by atoms with E-state index in [1.54, 1.807) is 23.3 Å². The topological polar surface area (TPSA) is 71.8 Å². The van der Waals surface area contributed by atoms with Gasteiger partial charge in [0.1, 0.15) is 17.8 Å². The third-order valence-electron chi connectivity index (χ3n) is 5.03. The molecule has 1 saturated carbocycles. The van der Waals surface area contributed by atoms with Gasteiger partial charge in [0, 0.05) is 24.5 Å². The number of nitrogens with zero attached hydrogens (tertiary/aromatic N) is 3. The van der Waals surface area contributed by atoms with E-state index in [0.29, 0.717) is 11.5 Å². The first-order chi connectivity index (χ1) is 13.6. The second-order valence-corrected chi connectivity index (χ2v) is 7.88. The number of thiophene rings is 1. The molecule has 1 aliphatic carbocycles. The van der Waals surface area contributed by atoms with E-state index in [9.17, 15) is 13.6 Å². The molecule has 9 heteroatoms. The molecule has 6 nitrogen and oxygen atoms in total. The van der Waals surface area contributed by atoms with Crippen LogP contribution in [0.1, 0.15) is 36.2 Å². The molecule has 0 radical (unpaired) electrons. The average molecular weight is 405 g/mol. The average Bonchev–Trinajstić information content (AvgIpc) is 3.38. The maximum atomic E-state index is 12.9. The molecule has 0 saturated heterocycles. The predicted octanol–water partition coefficient (Wildman–Crippen LogP) is 3.38. The van der Waals surface area contributed by atoms with Gasteiger partial charge in [-0.1, -0.05) is 0 Å². The van der Waals surface area contributed by atoms with E-state index in [1.165, 1.54) is 11.3 Å². The highest BCUT2D eigenvalue weighted by atomic mass is 32.1. The summed E-state index contributed by atoms with van der Waals surface area (Å²) in [6.07, 6.45) is 5.84. The number of rotatable bonds is 6. The van der Waals surface area contributed by atoms with Crippen LogP contribution >= 0.6 is 11.3 Å². The fraction of sp³-hybridized carbons (Fsp3) is 0.421. The maximum Gasteiger partial charge on any atom is 0.271 e. The first kappa shape index (κ1) is 18.9. The van der Waals surface area contributed by atoms with Crippen LogP contribution < -0.4 is 10.6 Å². The van der Waals surface area contributed by atoms with Crippen LogP contribution in [0.5, 0.6) is 0 Å². The van der Waals surface area contributed by atoms with Gasteiger partial charge in [0.05, 0.1) is 11.2 Å². The monoisotopic (exact) mass is 405 g/mol. The largest absolute Gasteiger partial charge is 0.348 e. The van der Waals surface area contributed by atoms with Crippen LogP contribution in [0.15, 0.2) is 36.2 Å². The highest BCUT2D eigenvalue weighted by molar-refractivity contribution is 7.17. The quantitative estimate of drug-likeness (QED) is 0.660. The lowest BCUT2D eigenvalue weighted by molar-refractivity contribution is 0.0919. The van der Waals surface area contributed by atoms with E-state index in [0.717, 1.165) is 35.8 Å². The molecule has 4 rings (SSSR count). The van der Waals surface area contributed by atoms with Crippen molar-refractivity contribution in [3.05, 3.63) is 41.9 Å². The van der Waals surface area contributed by atoms with Crippen LogP contribution in [0.3, 0.4) is 0 Å². The molecule has 28 heavy (non-hydrogen) atoms. The zero-order valence-corrected chi connectivity index (χ0v) is 16.0. The molecular formula is C19H21F2N5OS. The number of carbonyl (C=O) groups excluding carboxylic acids is 1. The van der Waals surface area contributed by atoms with Gasteiger partial charge in [-0.2, -0.15) is 0 Å². The molecule has 0 bridgehead atoms. The molecule has 2 N–H and O–H groups in total. The molecule has 1 amide bonds. The number of hydrogen-bond donors (Lipinski definition) is 2. The molecular weight excluding hydrogens is 384 g/mol. The number of fused-ring (bicyclic) bond motifs is 1. The summed E-state index contributed by atoms with van der Waals surface area (Å²) in [6.45, 7) is -0.275. The number of hydrogen-bond acceptors (Lipinski definition) is 5. The Labute approximate surface area is 165 Å². The summed E-state index contributed by atoms with van der Waals surface area (Å²) < 4.78 is 27.3. The summed E-state index contributed by atoms with van der Waals surface area (Å²) in [5.74, 6) is 0.451. The van der Waals surface area contributed by atoms with Crippen molar-refractivity contribution in [2.75, 3.05) is 6.54 Å². The van der Waals surface area contributed by atoms with E-state index in [1.807, 2.05) is 17.5 Å². The number of imidazole rings is 1. The van der Waals surface area contributed by atoms with Crippen LogP contribution in [0, 0.1) is 0 Å². The molecule has 0 aromatic carbocycles. The van der Waals surface area contributed by atoms with Crippen LogP contribution in [-0.4, -0.2) is 45.5 Å². The van der Waals surface area contributed by atoms with Crippen LogP contribution in [0.2, 0.25) is 0 Å². The van der Waals surface area contributed by atoms with Crippen LogP contribution in [0.4, 0.5) is 8.78 Å². The summed E-state index contributed by atoms with van der Waals surface area (Å²) in [6, 6.07) is 4.03. The van der Waals surface area contributed by atoms with E-state index in [-0.39, 0.29) is 24.5 Å². The molecule has 3 aromatic rings. The van der Waals surface area contributed by atoms with Gasteiger partial charge in [0.15, 0.2) is 0 Å². The fourth-order valence-corrected chi connectivity index (χ4v) is 4.46. The fourth-order valence-electron chi connectivity index (χ4n) is 3.59. The van der Waals surface area contributed by atoms with Crippen LogP contribution in [-0.2, 0) is 0 Å². The summed E-state index contributed by atoms with van der Waals surface area (Å²) in [5.41, 5.74) is 0.411. The Morgan fingerprint density at radius 3 is 2.79 bits per heavy atom. The Morgan fingerprint density at radius 1 is 1.29 bits per heavy atom. The zero-order chi connectivity index (χ0) is 19.5. The van der Waals surface area contributed by atoms with E-state index >= 15 is 0 Å². The molecule has 1 fully saturated rings. The molecule has 0 unspecified atom stereocenters. The lowest BCUT2D eigenvalue weighted by Gasteiger charge is -2.29. The predicted molar refractivity (Wildman–Crippen MR) is 104 cm³/mol. The van der Waals surface area contributed by atoms with Gasteiger partial charge in [-0.25, -0.2) is 18.7 Å². The molecule has 0 spiro atoms. The van der Waals surface area contributed by atoms with Crippen molar-refractivity contribution in [3.63, 3.8) is 0 Å². The Hall–Kier alpha value is -2.39. The maximum absolute atomic E-state index is 12.9. The number of alkyl halides is 2. The van der Waals surface area contributed by atoms with Crippen LogP contribution in [0.25, 0.3) is 15.9 Å². The van der Waals surface area contributed by atoms with E-state index < -0.39 is 6.43 Å². The first-order valence-electron chi connectivity index (χ1n) is 9.29. The Balaban J connectivity index is 1.45. The molecule has 0 aliphatic heterocycles. The van der Waals surface area contributed by atoms with Gasteiger partial charge >= 0.3 is 0 Å². The van der Waals surface area contributed by atoms with Crippen molar-refractivity contribution < 1.29 is 13.6 Å². The summed E-state index contributed by atoms with van der Waals surface area (Å²) in [4.78, 5) is 21.5. The number of carbonyl (C=O) groups is 1. The van der Waals surface area contributed by atoms with E-state index in [4.69, 9.17) is 0 Å². The minimum Gasteiger partial charge on any atom is -0.348 e. The zero-order valence-electron chi connectivity index (χ0n) is 15.1. The lowest BCUT2D eigenvalue weighted by atomic mass is 9.91. The van der Waals surface area contributed by atoms with Crippen molar-refractivity contribution in [1.82, 2.24) is 25.2 Å². The van der Waals surface area contributed by atoms with Gasteiger partial charge in [-0.15, -0.1) is 11.3 Å². The lowest BCUT2D eigenvalue weighted by Crippen LogP contribution is -2.43. The minimum absolute atomic E-state index is 0.0332. The van der Waals surface area contributed by atoms with Crippen molar-refractivity contribution in [2.45, 2.75) is 44.2 Å². The van der Waals surface area contributed by atoms with Gasteiger partial charge in [0.2, 0.25) is 0 Å². The van der Waals surface area contributed by atoms with Gasteiger partial charge in [-0.3, -0.25) is 9.36 Å². The highest BCUT2D eigenvalue weighted by Crippen LogP contribution is 2.27. The second kappa shape index (κ2) is 8.32. The molecule has 1 aliphatic rings. The number of amides is 1. The Morgan fingerprint density at radius 2 is 2.07 bits per heavy atom. The summed E-state index contributed by atoms with van der Waals surface area (Å²) in [7, 11) is 0. The molecule has 3 aromatic heterocycles. The summed E-state index contributed by atoms with van der Waals surface area (Å²) in [5, 5.41) is 8.88. The Kier molecular flexibility index (Phi) is 5.63. The number of nitrogens with one attached hydrogen (secondary N) is 2.